The van der Waals surface area contributed by atoms with Crippen molar-refractivity contribution in [1.82, 2.24) is 19.7 Å². The van der Waals surface area contributed by atoms with Crippen LogP contribution >= 0.6 is 0 Å². The van der Waals surface area contributed by atoms with Crippen molar-refractivity contribution in [3.05, 3.63) is 59.0 Å². The molecule has 34 heavy (non-hydrogen) atoms. The monoisotopic (exact) mass is 484 g/mol. The zero-order chi connectivity index (χ0) is 25.2. The maximum absolute atomic E-state index is 14.3. The van der Waals surface area contributed by atoms with E-state index in [-0.39, 0.29) is 22.3 Å². The number of halogens is 7. The van der Waals surface area contributed by atoms with Gasteiger partial charge in [0.1, 0.15) is 22.6 Å². The highest BCUT2D eigenvalue weighted by Gasteiger charge is 2.44. The minimum Gasteiger partial charge on any atom is -0.337 e. The molecule has 4 nitrogen and oxygen atoms in total. The molecule has 0 atom stereocenters. The van der Waals surface area contributed by atoms with Crippen LogP contribution in [0, 0.1) is 5.82 Å². The van der Waals surface area contributed by atoms with Crippen molar-refractivity contribution in [3.8, 4) is 22.6 Å². The van der Waals surface area contributed by atoms with E-state index in [1.807, 2.05) is 0 Å². The zero-order valence-electron chi connectivity index (χ0n) is 18.5. The number of nitrogens with one attached hydrogen (secondary N) is 1. The first-order chi connectivity index (χ1) is 15.6. The highest BCUT2D eigenvalue weighted by molar-refractivity contribution is 5.88. The van der Waals surface area contributed by atoms with Gasteiger partial charge in [0.15, 0.2) is 5.82 Å². The molecule has 0 aliphatic carbocycles. The van der Waals surface area contributed by atoms with Crippen LogP contribution in [0.5, 0.6) is 0 Å². The van der Waals surface area contributed by atoms with Gasteiger partial charge in [0.05, 0.1) is 16.8 Å². The summed E-state index contributed by atoms with van der Waals surface area (Å²) in [6.45, 7) is 4.65. The van der Waals surface area contributed by atoms with Crippen molar-refractivity contribution in [2.75, 3.05) is 0 Å². The normalized spacial score (nSPS) is 13.1. The molecule has 2 heterocycles. The first-order valence-electron chi connectivity index (χ1n) is 10.1. The van der Waals surface area contributed by atoms with E-state index in [1.165, 1.54) is 31.3 Å². The molecule has 4 rings (SSSR count). The van der Waals surface area contributed by atoms with E-state index < -0.39 is 51.7 Å². The largest absolute Gasteiger partial charge is 0.420 e. The molecule has 0 radical (unpaired) electrons. The van der Waals surface area contributed by atoms with E-state index in [9.17, 15) is 30.7 Å². The summed E-state index contributed by atoms with van der Waals surface area (Å²) in [5, 5.41) is 4.01. The summed E-state index contributed by atoms with van der Waals surface area (Å²) in [5.74, 6) is -1.17. The molecule has 0 bridgehead atoms. The highest BCUT2D eigenvalue weighted by atomic mass is 19.4. The number of nitrogens with zero attached hydrogens (tertiary/aromatic N) is 3. The Labute approximate surface area is 189 Å². The zero-order valence-corrected chi connectivity index (χ0v) is 18.5. The van der Waals surface area contributed by atoms with Crippen molar-refractivity contribution in [3.63, 3.8) is 0 Å². The highest BCUT2D eigenvalue weighted by Crippen LogP contribution is 2.44. The molecule has 0 spiro atoms. The van der Waals surface area contributed by atoms with Gasteiger partial charge in [-0.1, -0.05) is 39.0 Å². The molecule has 0 saturated heterocycles. The Bertz CT molecular complexity index is 1390. The molecule has 0 aliphatic rings. The molecule has 1 N–H and O–H groups in total. The summed E-state index contributed by atoms with van der Waals surface area (Å²) in [4.78, 5) is 6.48. The van der Waals surface area contributed by atoms with Gasteiger partial charge in [0, 0.05) is 18.0 Å². The smallest absolute Gasteiger partial charge is 0.337 e. The fraction of sp³-hybridized carbons (Fsp3) is 0.304. The second kappa shape index (κ2) is 7.57. The summed E-state index contributed by atoms with van der Waals surface area (Å²) in [6, 6.07) is 7.24. The number of aryl methyl sites for hydroxylation is 1. The van der Waals surface area contributed by atoms with Gasteiger partial charge in [-0.2, -0.15) is 31.4 Å². The van der Waals surface area contributed by atoms with Gasteiger partial charge in [0.2, 0.25) is 0 Å². The van der Waals surface area contributed by atoms with Crippen LogP contribution in [0.3, 0.4) is 0 Å². The van der Waals surface area contributed by atoms with Crippen LogP contribution < -0.4 is 0 Å². The van der Waals surface area contributed by atoms with E-state index in [2.05, 4.69) is 15.1 Å². The Morgan fingerprint density at radius 2 is 1.56 bits per heavy atom. The number of rotatable bonds is 2. The maximum Gasteiger partial charge on any atom is 0.420 e. The number of benzene rings is 2. The van der Waals surface area contributed by atoms with Gasteiger partial charge < -0.3 is 4.98 Å². The van der Waals surface area contributed by atoms with E-state index in [0.717, 1.165) is 16.8 Å². The third-order valence-corrected chi connectivity index (χ3v) is 5.34. The van der Waals surface area contributed by atoms with E-state index >= 15 is 0 Å². The molecule has 0 amide bonds. The number of alkyl halides is 6. The lowest BCUT2D eigenvalue weighted by Crippen LogP contribution is -2.19. The van der Waals surface area contributed by atoms with E-state index in [4.69, 9.17) is 0 Å². The van der Waals surface area contributed by atoms with E-state index in [0.29, 0.717) is 0 Å². The fourth-order valence-electron chi connectivity index (χ4n) is 3.89. The minimum atomic E-state index is -4.89. The third-order valence-electron chi connectivity index (χ3n) is 5.34. The molecule has 0 saturated carbocycles. The van der Waals surface area contributed by atoms with Crippen LogP contribution in [0.1, 0.15) is 37.6 Å². The average Bonchev–Trinajstić information content (AvgIpc) is 3.26. The number of hydrogen-bond acceptors (Lipinski definition) is 2. The Morgan fingerprint density at radius 1 is 0.912 bits per heavy atom. The van der Waals surface area contributed by atoms with E-state index in [1.54, 1.807) is 20.8 Å². The van der Waals surface area contributed by atoms with Gasteiger partial charge in [-0.25, -0.2) is 9.37 Å². The molecule has 4 aromatic rings. The minimum absolute atomic E-state index is 0.0856. The van der Waals surface area contributed by atoms with Gasteiger partial charge in [-0.15, -0.1) is 0 Å². The molecule has 0 fully saturated rings. The number of hydrogen-bond donors (Lipinski definition) is 1. The van der Waals surface area contributed by atoms with Crippen LogP contribution in [-0.2, 0) is 24.8 Å². The predicted molar refractivity (Wildman–Crippen MR) is 112 cm³/mol. The van der Waals surface area contributed by atoms with Crippen molar-refractivity contribution < 1.29 is 30.7 Å². The van der Waals surface area contributed by atoms with Gasteiger partial charge >= 0.3 is 12.4 Å². The molecule has 2 aromatic carbocycles. The Kier molecular flexibility index (Phi) is 5.30. The summed E-state index contributed by atoms with van der Waals surface area (Å²) in [7, 11) is 1.27. The summed E-state index contributed by atoms with van der Waals surface area (Å²) < 4.78 is 99.1. The molecule has 180 valence electrons. The standard InChI is InChI=1S/C23H19F7N4/c1-21(2,3)19-16(23(28,29)30)18(34(4)33-19)20-31-15-10-11(12-7-5-6-8-14(12)24)9-13(17(15)32-20)22(25,26)27/h5-10H,1-4H3,(H,31,32). The van der Waals surface area contributed by atoms with Crippen LogP contribution in [-0.4, -0.2) is 19.7 Å². The maximum atomic E-state index is 14.3. The van der Waals surface area contributed by atoms with Crippen LogP contribution in [0.15, 0.2) is 36.4 Å². The number of aromatic nitrogens is 4. The number of aromatic amines is 1. The average molecular weight is 484 g/mol. The molecular weight excluding hydrogens is 465 g/mol. The first-order valence-corrected chi connectivity index (χ1v) is 10.1. The van der Waals surface area contributed by atoms with Gasteiger partial charge in [-0.05, 0) is 23.8 Å². The van der Waals surface area contributed by atoms with Crippen molar-refractivity contribution in [2.45, 2.75) is 38.5 Å². The second-order valence-electron chi connectivity index (χ2n) is 8.93. The predicted octanol–water partition coefficient (Wildman–Crippen LogP) is 7.10. The number of H-pyrrole nitrogens is 1. The lowest BCUT2D eigenvalue weighted by atomic mass is 9.88. The summed E-state index contributed by atoms with van der Waals surface area (Å²) >= 11 is 0. The van der Waals surface area contributed by atoms with Crippen LogP contribution in [0.25, 0.3) is 33.7 Å². The molecule has 11 heteroatoms. The molecule has 0 unspecified atom stereocenters. The Morgan fingerprint density at radius 3 is 2.12 bits per heavy atom. The Hall–Kier alpha value is -3.37. The lowest BCUT2D eigenvalue weighted by molar-refractivity contribution is -0.138. The topological polar surface area (TPSA) is 46.5 Å². The van der Waals surface area contributed by atoms with Crippen molar-refractivity contribution >= 4 is 11.0 Å². The van der Waals surface area contributed by atoms with Gasteiger partial charge in [0.25, 0.3) is 0 Å². The second-order valence-corrected chi connectivity index (χ2v) is 8.93. The van der Waals surface area contributed by atoms with Crippen molar-refractivity contribution in [1.29, 1.82) is 0 Å². The number of imidazole rings is 1. The SMILES string of the molecule is Cn1nc(C(C)(C)C)c(C(F)(F)F)c1-c1nc2c(C(F)(F)F)cc(-c3ccccc3F)cc2[nH]1. The first kappa shape index (κ1) is 23.8. The lowest BCUT2D eigenvalue weighted by Gasteiger charge is -2.19. The summed E-state index contributed by atoms with van der Waals surface area (Å²) in [6.07, 6.45) is -9.72. The molecule has 2 aromatic heterocycles. The quantitative estimate of drug-likeness (QED) is 0.309. The van der Waals surface area contributed by atoms with Gasteiger partial charge in [-0.3, -0.25) is 4.68 Å². The van der Waals surface area contributed by atoms with Crippen LogP contribution in [0.4, 0.5) is 30.7 Å². The van der Waals surface area contributed by atoms with Crippen LogP contribution in [0.2, 0.25) is 0 Å². The third kappa shape index (κ3) is 4.03. The Balaban J connectivity index is 2.04. The molecule has 0 aliphatic heterocycles. The van der Waals surface area contributed by atoms with Crippen molar-refractivity contribution in [2.24, 2.45) is 7.05 Å². The molecular formula is C23H19F7N4. The number of fused-ring (bicyclic) bond motifs is 1. The fourth-order valence-corrected chi connectivity index (χ4v) is 3.89. The summed E-state index contributed by atoms with van der Waals surface area (Å²) in [5.41, 5.74) is -4.97.